The van der Waals surface area contributed by atoms with Crippen molar-refractivity contribution in [1.82, 2.24) is 14.8 Å². The fourth-order valence-electron chi connectivity index (χ4n) is 2.41. The number of para-hydroxylation sites is 1. The Kier molecular flexibility index (Phi) is 4.63. The molecule has 1 N–H and O–H groups in total. The normalized spacial score (nSPS) is 10.1. The largest absolute Gasteiger partial charge is 0.324 e. The third-order valence-electron chi connectivity index (χ3n) is 3.56. The fourth-order valence-corrected chi connectivity index (χ4v) is 2.41. The minimum atomic E-state index is -0.230. The zero-order valence-electron chi connectivity index (χ0n) is 12.9. The van der Waals surface area contributed by atoms with E-state index in [1.807, 2.05) is 48.5 Å². The summed E-state index contributed by atoms with van der Waals surface area (Å²) in [6.07, 6.45) is 2.10. The van der Waals surface area contributed by atoms with E-state index in [0.29, 0.717) is 0 Å². The molecule has 6 heteroatoms. The molecule has 0 bridgehead atoms. The second-order valence-corrected chi connectivity index (χ2v) is 5.26. The number of hydrogen-bond acceptors (Lipinski definition) is 4. The average molecular weight is 317 g/mol. The number of anilines is 1. The maximum Gasteiger partial charge on any atom is 0.244 e. The van der Waals surface area contributed by atoms with Crippen LogP contribution in [-0.4, -0.2) is 20.7 Å². The number of rotatable bonds is 5. The first-order valence-electron chi connectivity index (χ1n) is 7.46. The number of benzene rings is 2. The van der Waals surface area contributed by atoms with Crippen LogP contribution in [0.2, 0.25) is 0 Å². The lowest BCUT2D eigenvalue weighted by Crippen LogP contribution is -2.20. The zero-order chi connectivity index (χ0) is 16.8. The monoisotopic (exact) mass is 317 g/mol. The van der Waals surface area contributed by atoms with Crippen molar-refractivity contribution in [3.63, 3.8) is 0 Å². The molecule has 0 unspecified atom stereocenters. The van der Waals surface area contributed by atoms with E-state index in [1.165, 1.54) is 16.5 Å². The van der Waals surface area contributed by atoms with Gasteiger partial charge >= 0.3 is 0 Å². The Balaban J connectivity index is 1.73. The smallest absolute Gasteiger partial charge is 0.244 e. The molecular weight excluding hydrogens is 302 g/mol. The van der Waals surface area contributed by atoms with Crippen LogP contribution in [-0.2, 0) is 17.8 Å². The van der Waals surface area contributed by atoms with Gasteiger partial charge in [0.15, 0.2) is 0 Å². The first-order valence-corrected chi connectivity index (χ1v) is 7.46. The number of aromatic nitrogens is 3. The molecule has 0 aliphatic heterocycles. The first-order chi connectivity index (χ1) is 11.8. The molecule has 0 saturated heterocycles. The molecule has 0 atom stereocenters. The van der Waals surface area contributed by atoms with Crippen molar-refractivity contribution in [2.75, 3.05) is 5.32 Å². The summed E-state index contributed by atoms with van der Waals surface area (Å²) in [5.74, 6) is -0.116. The van der Waals surface area contributed by atoms with Gasteiger partial charge in [0, 0.05) is 5.69 Å². The molecule has 118 valence electrons. The van der Waals surface area contributed by atoms with Gasteiger partial charge in [0.2, 0.25) is 11.7 Å². The summed E-state index contributed by atoms with van der Waals surface area (Å²) in [6, 6.07) is 19.6. The summed E-state index contributed by atoms with van der Waals surface area (Å²) in [7, 11) is 0. The lowest BCUT2D eigenvalue weighted by Gasteiger charge is -2.11. The van der Waals surface area contributed by atoms with Crippen LogP contribution in [0.25, 0.3) is 0 Å². The molecule has 3 rings (SSSR count). The Morgan fingerprint density at radius 1 is 1.12 bits per heavy atom. The summed E-state index contributed by atoms with van der Waals surface area (Å²) in [4.78, 5) is 12.3. The minimum Gasteiger partial charge on any atom is -0.324 e. The van der Waals surface area contributed by atoms with E-state index in [-0.39, 0.29) is 18.3 Å². The van der Waals surface area contributed by atoms with Crippen LogP contribution in [0.5, 0.6) is 0 Å². The van der Waals surface area contributed by atoms with Gasteiger partial charge in [-0.1, -0.05) is 48.5 Å². The molecule has 24 heavy (non-hydrogen) atoms. The van der Waals surface area contributed by atoms with E-state index in [0.717, 1.165) is 17.7 Å². The lowest BCUT2D eigenvalue weighted by molar-refractivity contribution is -0.116. The number of nitrogens with one attached hydrogen (secondary N) is 1. The van der Waals surface area contributed by atoms with Crippen LogP contribution in [0.3, 0.4) is 0 Å². The van der Waals surface area contributed by atoms with E-state index >= 15 is 0 Å². The fraction of sp³-hybridized carbons (Fsp3) is 0.111. The van der Waals surface area contributed by atoms with Crippen LogP contribution < -0.4 is 5.32 Å². The van der Waals surface area contributed by atoms with Gasteiger partial charge in [-0.3, -0.25) is 9.36 Å². The van der Waals surface area contributed by atoms with Crippen molar-refractivity contribution in [1.29, 1.82) is 5.26 Å². The van der Waals surface area contributed by atoms with Crippen LogP contribution in [0.15, 0.2) is 60.9 Å². The van der Waals surface area contributed by atoms with Crippen LogP contribution in [0.1, 0.15) is 17.0 Å². The van der Waals surface area contributed by atoms with E-state index in [2.05, 4.69) is 27.6 Å². The molecule has 1 heterocycles. The van der Waals surface area contributed by atoms with Gasteiger partial charge < -0.3 is 5.32 Å². The van der Waals surface area contributed by atoms with Gasteiger partial charge in [-0.05, 0) is 23.6 Å². The molecule has 0 fully saturated rings. The maximum absolute atomic E-state index is 12.3. The summed E-state index contributed by atoms with van der Waals surface area (Å²) in [5, 5.41) is 19.1. The van der Waals surface area contributed by atoms with Crippen molar-refractivity contribution in [3.05, 3.63) is 77.9 Å². The van der Waals surface area contributed by atoms with Crippen molar-refractivity contribution in [2.24, 2.45) is 0 Å². The van der Waals surface area contributed by atoms with Crippen LogP contribution in [0, 0.1) is 11.3 Å². The second-order valence-electron chi connectivity index (χ2n) is 5.26. The summed E-state index contributed by atoms with van der Waals surface area (Å²) < 4.78 is 1.41. The molecule has 0 aliphatic rings. The number of amides is 1. The molecule has 3 aromatic rings. The van der Waals surface area contributed by atoms with Crippen molar-refractivity contribution >= 4 is 11.6 Å². The van der Waals surface area contributed by atoms with E-state index < -0.39 is 0 Å². The van der Waals surface area contributed by atoms with Gasteiger partial charge in [-0.25, -0.2) is 0 Å². The number of carbonyl (C=O) groups excluding carboxylic acids is 1. The molecular formula is C18H15N5O. The predicted octanol–water partition coefficient (Wildman–Crippen LogP) is 2.38. The molecule has 0 saturated carbocycles. The molecule has 2 aromatic carbocycles. The predicted molar refractivity (Wildman–Crippen MR) is 89.1 cm³/mol. The third kappa shape index (κ3) is 3.65. The van der Waals surface area contributed by atoms with E-state index in [1.54, 1.807) is 0 Å². The Bertz CT molecular complexity index is 880. The SMILES string of the molecule is N#Cc1nncn1CC(=O)Nc1ccccc1Cc1ccccc1. The molecule has 0 radical (unpaired) electrons. The minimum absolute atomic E-state index is 0.00440. The Labute approximate surface area is 139 Å². The van der Waals surface area contributed by atoms with Crippen LogP contribution >= 0.6 is 0 Å². The number of carbonyl (C=O) groups is 1. The molecule has 6 nitrogen and oxygen atoms in total. The number of nitriles is 1. The average Bonchev–Trinajstić information content (AvgIpc) is 3.04. The highest BCUT2D eigenvalue weighted by molar-refractivity contribution is 5.91. The van der Waals surface area contributed by atoms with Gasteiger partial charge in [-0.2, -0.15) is 5.26 Å². The molecule has 1 amide bonds. The van der Waals surface area contributed by atoms with Crippen molar-refractivity contribution < 1.29 is 4.79 Å². The summed E-state index contributed by atoms with van der Waals surface area (Å²) in [6.45, 7) is -0.00440. The van der Waals surface area contributed by atoms with Gasteiger partial charge in [0.05, 0.1) is 0 Å². The van der Waals surface area contributed by atoms with E-state index in [4.69, 9.17) is 5.26 Å². The zero-order valence-corrected chi connectivity index (χ0v) is 12.9. The second kappa shape index (κ2) is 7.20. The standard InChI is InChI=1S/C18H15N5O/c19-11-17-22-20-13-23(17)12-18(24)21-16-9-5-4-8-15(16)10-14-6-2-1-3-7-14/h1-9,13H,10,12H2,(H,21,24). The summed E-state index contributed by atoms with van der Waals surface area (Å²) in [5.41, 5.74) is 2.96. The van der Waals surface area contributed by atoms with E-state index in [9.17, 15) is 4.79 Å². The highest BCUT2D eigenvalue weighted by Gasteiger charge is 2.10. The Hall–Kier alpha value is -3.46. The maximum atomic E-state index is 12.3. The lowest BCUT2D eigenvalue weighted by atomic mass is 10.0. The van der Waals surface area contributed by atoms with Crippen molar-refractivity contribution in [3.8, 4) is 6.07 Å². The quantitative estimate of drug-likeness (QED) is 0.783. The Morgan fingerprint density at radius 3 is 2.67 bits per heavy atom. The molecule has 0 spiro atoms. The first kappa shape index (κ1) is 15.4. The van der Waals surface area contributed by atoms with Gasteiger partial charge in [0.25, 0.3) is 0 Å². The van der Waals surface area contributed by atoms with Gasteiger partial charge in [0.1, 0.15) is 18.9 Å². The third-order valence-corrected chi connectivity index (χ3v) is 3.56. The van der Waals surface area contributed by atoms with Crippen molar-refractivity contribution in [2.45, 2.75) is 13.0 Å². The highest BCUT2D eigenvalue weighted by Crippen LogP contribution is 2.19. The van der Waals surface area contributed by atoms with Crippen LogP contribution in [0.4, 0.5) is 5.69 Å². The molecule has 1 aromatic heterocycles. The number of nitrogens with zero attached hydrogens (tertiary/aromatic N) is 4. The summed E-state index contributed by atoms with van der Waals surface area (Å²) >= 11 is 0. The topological polar surface area (TPSA) is 83.6 Å². The van der Waals surface area contributed by atoms with Gasteiger partial charge in [-0.15, -0.1) is 10.2 Å². The number of hydrogen-bond donors (Lipinski definition) is 1. The Morgan fingerprint density at radius 2 is 1.88 bits per heavy atom. The highest BCUT2D eigenvalue weighted by atomic mass is 16.1. The molecule has 0 aliphatic carbocycles.